The fourth-order valence-corrected chi connectivity index (χ4v) is 4.42. The van der Waals surface area contributed by atoms with E-state index in [0.717, 1.165) is 16.5 Å². The summed E-state index contributed by atoms with van der Waals surface area (Å²) in [5, 5.41) is 8.58. The van der Waals surface area contributed by atoms with E-state index in [1.165, 1.54) is 19.1 Å². The lowest BCUT2D eigenvalue weighted by molar-refractivity contribution is -0.136. The summed E-state index contributed by atoms with van der Waals surface area (Å²) in [4.78, 5) is 27.1. The third kappa shape index (κ3) is 3.91. The molecule has 1 aromatic heterocycles. The number of methoxy groups -OCH3 is 1. The average Bonchev–Trinajstić information content (AvgIpc) is 2.80. The standard InChI is InChI=1S/C23H21F4N3O4/c1-28-12-14(22(32)33)21(31)13-11-15(24)20(18(19(13)28)23(25,26)27)30-9-7-29(8-10-30)16-5-3-4-6-17(16)34-2/h3-6,11-12H,7-10H2,1-2H3,(H,32,33). The molecule has 1 fully saturated rings. The molecule has 180 valence electrons. The summed E-state index contributed by atoms with van der Waals surface area (Å²) in [7, 11) is 2.72. The smallest absolute Gasteiger partial charge is 0.420 e. The van der Waals surface area contributed by atoms with E-state index in [2.05, 4.69) is 0 Å². The minimum atomic E-state index is -5.00. The zero-order valence-corrected chi connectivity index (χ0v) is 18.3. The van der Waals surface area contributed by atoms with Crippen LogP contribution in [0.2, 0.25) is 0 Å². The van der Waals surface area contributed by atoms with E-state index < -0.39 is 51.1 Å². The lowest BCUT2D eigenvalue weighted by Crippen LogP contribution is -2.47. The van der Waals surface area contributed by atoms with Crippen molar-refractivity contribution in [2.24, 2.45) is 7.05 Å². The molecule has 0 atom stereocenters. The second-order valence-electron chi connectivity index (χ2n) is 7.91. The van der Waals surface area contributed by atoms with Crippen LogP contribution in [0.25, 0.3) is 10.9 Å². The number of ether oxygens (including phenoxy) is 1. The first-order chi connectivity index (χ1) is 16.0. The molecule has 1 saturated heterocycles. The molecule has 0 aliphatic carbocycles. The highest BCUT2D eigenvalue weighted by Gasteiger charge is 2.41. The molecule has 1 aliphatic heterocycles. The minimum Gasteiger partial charge on any atom is -0.495 e. The van der Waals surface area contributed by atoms with Gasteiger partial charge in [0.1, 0.15) is 22.7 Å². The summed E-state index contributed by atoms with van der Waals surface area (Å²) in [5.74, 6) is -2.22. The average molecular weight is 479 g/mol. The molecule has 3 aromatic rings. The molecule has 1 N–H and O–H groups in total. The molecular formula is C23H21F4N3O4. The van der Waals surface area contributed by atoms with E-state index in [-0.39, 0.29) is 13.1 Å². The van der Waals surface area contributed by atoms with Crippen molar-refractivity contribution >= 4 is 28.2 Å². The van der Waals surface area contributed by atoms with E-state index in [1.54, 1.807) is 12.1 Å². The van der Waals surface area contributed by atoms with Gasteiger partial charge in [-0.05, 0) is 18.2 Å². The number of aromatic carboxylic acids is 1. The van der Waals surface area contributed by atoms with E-state index in [9.17, 15) is 27.9 Å². The van der Waals surface area contributed by atoms with Gasteiger partial charge in [0.15, 0.2) is 0 Å². The Morgan fingerprint density at radius 2 is 1.71 bits per heavy atom. The number of para-hydroxylation sites is 2. The number of fused-ring (bicyclic) bond motifs is 1. The second-order valence-corrected chi connectivity index (χ2v) is 7.91. The molecule has 0 unspecified atom stereocenters. The molecular weight excluding hydrogens is 458 g/mol. The predicted octanol–water partition coefficient (Wildman–Crippen LogP) is 3.73. The van der Waals surface area contributed by atoms with Crippen LogP contribution in [-0.2, 0) is 13.2 Å². The van der Waals surface area contributed by atoms with Crippen molar-refractivity contribution < 1.29 is 32.2 Å². The van der Waals surface area contributed by atoms with Crippen molar-refractivity contribution in [3.63, 3.8) is 0 Å². The number of pyridine rings is 1. The van der Waals surface area contributed by atoms with Gasteiger partial charge in [-0.1, -0.05) is 12.1 Å². The zero-order valence-electron chi connectivity index (χ0n) is 18.3. The fourth-order valence-electron chi connectivity index (χ4n) is 4.42. The van der Waals surface area contributed by atoms with Crippen molar-refractivity contribution in [3.8, 4) is 5.75 Å². The fraction of sp³-hybridized carbons (Fsp3) is 0.304. The van der Waals surface area contributed by atoms with E-state index in [1.807, 2.05) is 17.0 Å². The number of halogens is 4. The third-order valence-corrected chi connectivity index (χ3v) is 5.93. The monoisotopic (exact) mass is 479 g/mol. The molecule has 4 rings (SSSR count). The van der Waals surface area contributed by atoms with Gasteiger partial charge in [-0.25, -0.2) is 9.18 Å². The van der Waals surface area contributed by atoms with Crippen LogP contribution < -0.4 is 20.0 Å². The van der Waals surface area contributed by atoms with Gasteiger partial charge in [0.05, 0.1) is 29.4 Å². The first-order valence-corrected chi connectivity index (χ1v) is 10.3. The number of rotatable bonds is 4. The Morgan fingerprint density at radius 3 is 2.29 bits per heavy atom. The highest BCUT2D eigenvalue weighted by molar-refractivity contribution is 5.95. The Kier molecular flexibility index (Phi) is 5.88. The van der Waals surface area contributed by atoms with Crippen LogP contribution in [0.5, 0.6) is 5.75 Å². The number of piperazine rings is 1. The summed E-state index contributed by atoms with van der Waals surface area (Å²) < 4.78 is 64.3. The van der Waals surface area contributed by atoms with Crippen LogP contribution in [-0.4, -0.2) is 48.9 Å². The van der Waals surface area contributed by atoms with Crippen molar-refractivity contribution in [1.82, 2.24) is 4.57 Å². The maximum atomic E-state index is 15.2. The Morgan fingerprint density at radius 1 is 1.09 bits per heavy atom. The SMILES string of the molecule is COc1ccccc1N1CCN(c2c(F)cc3c(=O)c(C(=O)O)cn(C)c3c2C(F)(F)F)CC1. The van der Waals surface area contributed by atoms with Gasteiger partial charge in [0.25, 0.3) is 0 Å². The highest BCUT2D eigenvalue weighted by Crippen LogP contribution is 2.43. The number of aryl methyl sites for hydroxylation is 1. The van der Waals surface area contributed by atoms with Crippen LogP contribution in [0.4, 0.5) is 28.9 Å². The molecule has 1 aliphatic rings. The Balaban J connectivity index is 1.81. The molecule has 7 nitrogen and oxygen atoms in total. The van der Waals surface area contributed by atoms with Crippen molar-refractivity contribution in [2.45, 2.75) is 6.18 Å². The third-order valence-electron chi connectivity index (χ3n) is 5.93. The number of anilines is 2. The van der Waals surface area contributed by atoms with Gasteiger partial charge in [-0.3, -0.25) is 4.79 Å². The maximum absolute atomic E-state index is 15.2. The Hall–Kier alpha value is -3.76. The molecule has 2 heterocycles. The predicted molar refractivity (Wildman–Crippen MR) is 119 cm³/mol. The molecule has 0 spiro atoms. The largest absolute Gasteiger partial charge is 0.495 e. The number of carbonyl (C=O) groups is 1. The topological polar surface area (TPSA) is 75.0 Å². The second kappa shape index (κ2) is 8.54. The zero-order chi connectivity index (χ0) is 24.8. The summed E-state index contributed by atoms with van der Waals surface area (Å²) in [6.45, 7) is 0.799. The number of aromatic nitrogens is 1. The van der Waals surface area contributed by atoms with Crippen LogP contribution in [0.1, 0.15) is 15.9 Å². The van der Waals surface area contributed by atoms with Crippen LogP contribution >= 0.6 is 0 Å². The lowest BCUT2D eigenvalue weighted by Gasteiger charge is -2.39. The molecule has 2 aromatic carbocycles. The van der Waals surface area contributed by atoms with Crippen molar-refractivity contribution in [3.05, 3.63) is 63.7 Å². The number of nitrogens with zero attached hydrogens (tertiary/aromatic N) is 3. The maximum Gasteiger partial charge on any atom is 0.420 e. The number of carboxylic acid groups (broad SMARTS) is 1. The Labute approximate surface area is 191 Å². The summed E-state index contributed by atoms with van der Waals surface area (Å²) in [5.41, 5.74) is -3.64. The van der Waals surface area contributed by atoms with E-state index >= 15 is 4.39 Å². The molecule has 0 radical (unpaired) electrons. The first-order valence-electron chi connectivity index (χ1n) is 10.3. The van der Waals surface area contributed by atoms with Crippen molar-refractivity contribution in [1.29, 1.82) is 0 Å². The van der Waals surface area contributed by atoms with Gasteiger partial charge in [0.2, 0.25) is 5.43 Å². The highest BCUT2D eigenvalue weighted by atomic mass is 19.4. The van der Waals surface area contributed by atoms with Crippen molar-refractivity contribution in [2.75, 3.05) is 43.1 Å². The minimum absolute atomic E-state index is 0.0880. The summed E-state index contributed by atoms with van der Waals surface area (Å²) >= 11 is 0. The summed E-state index contributed by atoms with van der Waals surface area (Å²) in [6, 6.07) is 7.93. The normalized spacial score (nSPS) is 14.5. The van der Waals surface area contributed by atoms with Gasteiger partial charge >= 0.3 is 12.1 Å². The van der Waals surface area contributed by atoms with E-state index in [4.69, 9.17) is 4.74 Å². The Bertz CT molecular complexity index is 1330. The number of hydrogen-bond donors (Lipinski definition) is 1. The molecule has 11 heteroatoms. The van der Waals surface area contributed by atoms with E-state index in [0.29, 0.717) is 24.9 Å². The van der Waals surface area contributed by atoms with Crippen LogP contribution in [0.3, 0.4) is 0 Å². The first kappa shape index (κ1) is 23.4. The van der Waals surface area contributed by atoms with Crippen LogP contribution in [0.15, 0.2) is 41.3 Å². The quantitative estimate of drug-likeness (QED) is 0.575. The van der Waals surface area contributed by atoms with Gasteiger partial charge in [-0.15, -0.1) is 0 Å². The molecule has 0 amide bonds. The lowest BCUT2D eigenvalue weighted by atomic mass is 10.0. The van der Waals surface area contributed by atoms with Crippen LogP contribution in [0, 0.1) is 5.82 Å². The number of alkyl halides is 3. The number of benzene rings is 2. The molecule has 34 heavy (non-hydrogen) atoms. The van der Waals surface area contributed by atoms with Gasteiger partial charge in [-0.2, -0.15) is 13.2 Å². The summed E-state index contributed by atoms with van der Waals surface area (Å²) in [6.07, 6.45) is -4.17. The van der Waals surface area contributed by atoms with Gasteiger partial charge in [0, 0.05) is 39.4 Å². The molecule has 0 bridgehead atoms. The number of hydrogen-bond acceptors (Lipinski definition) is 5. The molecule has 0 saturated carbocycles. The number of carboxylic acids is 1. The van der Waals surface area contributed by atoms with Gasteiger partial charge < -0.3 is 24.2 Å².